The molecule has 0 amide bonds. The summed E-state index contributed by atoms with van der Waals surface area (Å²) >= 11 is 1.19. The molecule has 0 spiro atoms. The Morgan fingerprint density at radius 3 is 2.65 bits per heavy atom. The average Bonchev–Trinajstić information content (AvgIpc) is 2.18. The van der Waals surface area contributed by atoms with Crippen molar-refractivity contribution in [2.45, 2.75) is 17.9 Å². The molecule has 96 valence electrons. The monoisotopic (exact) mass is 277 g/mol. The van der Waals surface area contributed by atoms with Crippen molar-refractivity contribution in [2.24, 2.45) is 5.73 Å². The molecule has 3 nitrogen and oxygen atoms in total. The summed E-state index contributed by atoms with van der Waals surface area (Å²) in [5, 5.41) is 0. The van der Waals surface area contributed by atoms with Gasteiger partial charge in [0.2, 0.25) is 0 Å². The second-order valence-electron chi connectivity index (χ2n) is 3.93. The molecule has 6 heteroatoms. The molecule has 0 fully saturated rings. The fourth-order valence-electron chi connectivity index (χ4n) is 1.33. The van der Waals surface area contributed by atoms with Crippen LogP contribution < -0.4 is 5.73 Å². The Balaban J connectivity index is 2.83. The minimum absolute atomic E-state index is 0.0321. The lowest BCUT2D eigenvalue weighted by Gasteiger charge is -2.12. The van der Waals surface area contributed by atoms with Gasteiger partial charge in [-0.3, -0.25) is 0 Å². The minimum atomic E-state index is -3.01. The third-order valence-electron chi connectivity index (χ3n) is 2.19. The van der Waals surface area contributed by atoms with Gasteiger partial charge in [-0.1, -0.05) is 12.1 Å². The van der Waals surface area contributed by atoms with E-state index in [0.717, 1.165) is 0 Å². The second-order valence-corrected chi connectivity index (χ2v) is 7.29. The van der Waals surface area contributed by atoms with Crippen molar-refractivity contribution in [2.75, 3.05) is 17.8 Å². The third kappa shape index (κ3) is 4.65. The smallest absolute Gasteiger partial charge is 0.148 e. The largest absolute Gasteiger partial charge is 0.324 e. The molecular weight excluding hydrogens is 261 g/mol. The van der Waals surface area contributed by atoms with Gasteiger partial charge in [-0.15, -0.1) is 11.8 Å². The molecule has 0 aliphatic heterocycles. The van der Waals surface area contributed by atoms with Crippen LogP contribution in [0.2, 0.25) is 0 Å². The topological polar surface area (TPSA) is 60.2 Å². The Hall–Kier alpha value is -0.590. The molecular formula is C11H16FNO2S2. The van der Waals surface area contributed by atoms with E-state index in [9.17, 15) is 12.8 Å². The van der Waals surface area contributed by atoms with E-state index in [1.807, 2.05) is 0 Å². The van der Waals surface area contributed by atoms with Gasteiger partial charge in [0.05, 0.1) is 5.75 Å². The van der Waals surface area contributed by atoms with E-state index in [1.54, 1.807) is 19.1 Å². The van der Waals surface area contributed by atoms with E-state index in [0.29, 0.717) is 16.2 Å². The van der Waals surface area contributed by atoms with Crippen LogP contribution in [0.1, 0.15) is 18.5 Å². The van der Waals surface area contributed by atoms with Crippen LogP contribution in [0.5, 0.6) is 0 Å². The van der Waals surface area contributed by atoms with Gasteiger partial charge in [0.15, 0.2) is 0 Å². The van der Waals surface area contributed by atoms with Crippen LogP contribution in [0.25, 0.3) is 0 Å². The summed E-state index contributed by atoms with van der Waals surface area (Å²) in [6.45, 7) is 1.77. The average molecular weight is 277 g/mol. The first-order chi connectivity index (χ1) is 7.81. The molecule has 1 atom stereocenters. The van der Waals surface area contributed by atoms with Crippen LogP contribution in [0, 0.1) is 5.82 Å². The molecule has 0 aromatic heterocycles. The Bertz CT molecular complexity index is 486. The summed E-state index contributed by atoms with van der Waals surface area (Å²) in [6, 6.07) is 4.45. The molecule has 0 unspecified atom stereocenters. The standard InChI is InChI=1S/C11H16FNO2S2/c1-8(13)9-4-3-5-10(12)11(9)16-6-7-17(2,14)15/h3-5,8H,6-7,13H2,1-2H3/t8-/m0/s1. The summed E-state index contributed by atoms with van der Waals surface area (Å²) in [5.74, 6) is 0.0162. The maximum atomic E-state index is 13.6. The van der Waals surface area contributed by atoms with Crippen molar-refractivity contribution in [1.29, 1.82) is 0 Å². The number of thioether (sulfide) groups is 1. The number of sulfone groups is 1. The Morgan fingerprint density at radius 2 is 2.12 bits per heavy atom. The maximum absolute atomic E-state index is 13.6. The van der Waals surface area contributed by atoms with Crippen molar-refractivity contribution in [3.63, 3.8) is 0 Å². The van der Waals surface area contributed by atoms with E-state index in [-0.39, 0.29) is 17.6 Å². The molecule has 17 heavy (non-hydrogen) atoms. The van der Waals surface area contributed by atoms with Crippen molar-refractivity contribution in [1.82, 2.24) is 0 Å². The predicted octanol–water partition coefficient (Wildman–Crippen LogP) is 1.98. The number of hydrogen-bond acceptors (Lipinski definition) is 4. The highest BCUT2D eigenvalue weighted by molar-refractivity contribution is 8.00. The first-order valence-corrected chi connectivity index (χ1v) is 8.20. The van der Waals surface area contributed by atoms with Gasteiger partial charge >= 0.3 is 0 Å². The lowest BCUT2D eigenvalue weighted by Crippen LogP contribution is -2.09. The molecule has 1 aromatic carbocycles. The van der Waals surface area contributed by atoms with Crippen LogP contribution in [0.4, 0.5) is 4.39 Å². The zero-order valence-electron chi connectivity index (χ0n) is 9.81. The molecule has 1 rings (SSSR count). The summed E-state index contributed by atoms with van der Waals surface area (Å²) in [6.07, 6.45) is 1.17. The highest BCUT2D eigenvalue weighted by Gasteiger charge is 2.13. The maximum Gasteiger partial charge on any atom is 0.148 e. The van der Waals surface area contributed by atoms with Crippen LogP contribution in [0.15, 0.2) is 23.1 Å². The number of hydrogen-bond donors (Lipinski definition) is 1. The third-order valence-corrected chi connectivity index (χ3v) is 4.52. The molecule has 0 radical (unpaired) electrons. The zero-order valence-corrected chi connectivity index (χ0v) is 11.4. The van der Waals surface area contributed by atoms with E-state index in [1.165, 1.54) is 24.1 Å². The Labute approximate surface area is 106 Å². The first-order valence-electron chi connectivity index (χ1n) is 5.16. The summed E-state index contributed by atoms with van der Waals surface area (Å²) in [4.78, 5) is 0.450. The summed E-state index contributed by atoms with van der Waals surface area (Å²) in [5.41, 5.74) is 6.45. The number of rotatable bonds is 5. The fourth-order valence-corrected chi connectivity index (χ4v) is 3.71. The van der Waals surface area contributed by atoms with E-state index < -0.39 is 9.84 Å². The van der Waals surface area contributed by atoms with Crippen LogP contribution in [-0.2, 0) is 9.84 Å². The SMILES string of the molecule is C[C@H](N)c1cccc(F)c1SCCS(C)(=O)=O. The van der Waals surface area contributed by atoms with Crippen molar-refractivity contribution in [3.05, 3.63) is 29.6 Å². The number of benzene rings is 1. The van der Waals surface area contributed by atoms with Gasteiger partial charge in [-0.25, -0.2) is 12.8 Å². The molecule has 0 aliphatic rings. The Kier molecular flexibility index (Phi) is 4.97. The number of nitrogens with two attached hydrogens (primary N) is 1. The van der Waals surface area contributed by atoms with Crippen LogP contribution >= 0.6 is 11.8 Å². The van der Waals surface area contributed by atoms with Gasteiger partial charge in [0, 0.05) is 22.9 Å². The van der Waals surface area contributed by atoms with Gasteiger partial charge in [0.1, 0.15) is 15.7 Å². The molecule has 0 bridgehead atoms. The number of halogens is 1. The summed E-state index contributed by atoms with van der Waals surface area (Å²) < 4.78 is 35.6. The summed E-state index contributed by atoms with van der Waals surface area (Å²) in [7, 11) is -3.01. The quantitative estimate of drug-likeness (QED) is 0.836. The minimum Gasteiger partial charge on any atom is -0.324 e. The zero-order chi connectivity index (χ0) is 13.1. The molecule has 0 saturated heterocycles. The second kappa shape index (κ2) is 5.84. The van der Waals surface area contributed by atoms with Gasteiger partial charge in [0.25, 0.3) is 0 Å². The van der Waals surface area contributed by atoms with Gasteiger partial charge in [-0.05, 0) is 18.6 Å². The molecule has 1 aromatic rings. The lowest BCUT2D eigenvalue weighted by atomic mass is 10.1. The van der Waals surface area contributed by atoms with Crippen molar-refractivity contribution in [3.8, 4) is 0 Å². The van der Waals surface area contributed by atoms with Gasteiger partial charge < -0.3 is 5.73 Å². The molecule has 0 heterocycles. The molecule has 0 aliphatic carbocycles. The molecule has 0 saturated carbocycles. The normalized spacial score (nSPS) is 13.6. The fraction of sp³-hybridized carbons (Fsp3) is 0.455. The predicted molar refractivity (Wildman–Crippen MR) is 69.4 cm³/mol. The first kappa shape index (κ1) is 14.5. The van der Waals surface area contributed by atoms with Gasteiger partial charge in [-0.2, -0.15) is 0 Å². The van der Waals surface area contributed by atoms with Crippen LogP contribution in [-0.4, -0.2) is 26.2 Å². The van der Waals surface area contributed by atoms with Crippen LogP contribution in [0.3, 0.4) is 0 Å². The Morgan fingerprint density at radius 1 is 1.47 bits per heavy atom. The van der Waals surface area contributed by atoms with E-state index in [4.69, 9.17) is 5.73 Å². The van der Waals surface area contributed by atoms with Crippen molar-refractivity contribution >= 4 is 21.6 Å². The van der Waals surface area contributed by atoms with Crippen molar-refractivity contribution < 1.29 is 12.8 Å². The lowest BCUT2D eigenvalue weighted by molar-refractivity contribution is 0.591. The van der Waals surface area contributed by atoms with E-state index >= 15 is 0 Å². The molecule has 2 N–H and O–H groups in total. The highest BCUT2D eigenvalue weighted by atomic mass is 32.2. The highest BCUT2D eigenvalue weighted by Crippen LogP contribution is 2.29. The van der Waals surface area contributed by atoms with E-state index in [2.05, 4.69) is 0 Å².